The SMILES string of the molecule is CN(C(=O)[C@H](Cc1ccccc1)Cc1nccc(-c2ccnc(N[C@@H](Cc3ccccc3)C(=O)N(C)c3ccc4scnc4c3)n2)n1)c1ccc2scnc2c1.S.S. The molecular weight excluding hydrogens is 803 g/mol. The second-order valence-corrected chi connectivity index (χ2v) is 15.2. The van der Waals surface area contributed by atoms with Crippen molar-refractivity contribution in [1.82, 2.24) is 29.9 Å². The summed E-state index contributed by atoms with van der Waals surface area (Å²) in [6.45, 7) is 0. The monoisotopic (exact) mass is 843 g/mol. The molecule has 0 spiro atoms. The molecule has 8 rings (SSSR count). The van der Waals surface area contributed by atoms with Crippen molar-refractivity contribution in [2.45, 2.75) is 25.3 Å². The molecule has 2 amide bonds. The van der Waals surface area contributed by atoms with Crippen molar-refractivity contribution < 1.29 is 9.59 Å². The summed E-state index contributed by atoms with van der Waals surface area (Å²) in [5.74, 6) is 0.175. The highest BCUT2D eigenvalue weighted by Gasteiger charge is 2.27. The van der Waals surface area contributed by atoms with E-state index in [2.05, 4.69) is 25.3 Å². The molecule has 294 valence electrons. The molecule has 4 aromatic carbocycles. The lowest BCUT2D eigenvalue weighted by molar-refractivity contribution is -0.122. The summed E-state index contributed by atoms with van der Waals surface area (Å²) in [7, 11) is 3.57. The number of benzene rings is 4. The first-order valence-corrected chi connectivity index (χ1v) is 19.9. The highest BCUT2D eigenvalue weighted by atomic mass is 32.1. The highest BCUT2D eigenvalue weighted by molar-refractivity contribution is 7.59. The Kier molecular flexibility index (Phi) is 13.8. The van der Waals surface area contributed by atoms with Gasteiger partial charge in [-0.15, -0.1) is 22.7 Å². The van der Waals surface area contributed by atoms with Crippen molar-refractivity contribution >= 4 is 99.2 Å². The van der Waals surface area contributed by atoms with Gasteiger partial charge >= 0.3 is 0 Å². The molecule has 0 aliphatic heterocycles. The first-order chi connectivity index (χ1) is 27.4. The zero-order valence-electron chi connectivity index (χ0n) is 31.7. The lowest BCUT2D eigenvalue weighted by Gasteiger charge is -2.25. The van der Waals surface area contributed by atoms with E-state index in [0.717, 1.165) is 42.9 Å². The predicted molar refractivity (Wildman–Crippen MR) is 245 cm³/mol. The Morgan fingerprint density at radius 2 is 1.14 bits per heavy atom. The number of thiazole rings is 2. The maximum atomic E-state index is 14.2. The maximum absolute atomic E-state index is 14.2. The van der Waals surface area contributed by atoms with E-state index in [0.29, 0.717) is 36.5 Å². The number of carbonyl (C=O) groups excluding carboxylic acids is 2. The van der Waals surface area contributed by atoms with Crippen molar-refractivity contribution in [3.63, 3.8) is 0 Å². The normalized spacial score (nSPS) is 11.9. The Bertz CT molecular complexity index is 2440. The third-order valence-electron chi connectivity index (χ3n) is 9.67. The number of nitrogens with zero attached hydrogens (tertiary/aromatic N) is 8. The van der Waals surface area contributed by atoms with E-state index in [1.165, 1.54) is 0 Å². The average Bonchev–Trinajstić information content (AvgIpc) is 3.92. The molecule has 4 aromatic heterocycles. The van der Waals surface area contributed by atoms with Crippen LogP contribution in [0.15, 0.2) is 133 Å². The Morgan fingerprint density at radius 3 is 1.74 bits per heavy atom. The first-order valence-electron chi connectivity index (χ1n) is 18.1. The lowest BCUT2D eigenvalue weighted by atomic mass is 9.94. The number of hydrogen-bond donors (Lipinski definition) is 1. The topological polar surface area (TPSA) is 130 Å². The molecule has 1 N–H and O–H groups in total. The molecule has 0 saturated heterocycles. The van der Waals surface area contributed by atoms with Gasteiger partial charge in [0.15, 0.2) is 0 Å². The molecule has 4 heterocycles. The smallest absolute Gasteiger partial charge is 0.249 e. The maximum Gasteiger partial charge on any atom is 0.249 e. The fourth-order valence-electron chi connectivity index (χ4n) is 6.65. The van der Waals surface area contributed by atoms with Crippen LogP contribution in [-0.2, 0) is 28.9 Å². The van der Waals surface area contributed by atoms with Gasteiger partial charge in [0.1, 0.15) is 11.9 Å². The van der Waals surface area contributed by atoms with Gasteiger partial charge in [0.25, 0.3) is 0 Å². The van der Waals surface area contributed by atoms with Crippen LogP contribution in [0.3, 0.4) is 0 Å². The van der Waals surface area contributed by atoms with Gasteiger partial charge < -0.3 is 15.1 Å². The summed E-state index contributed by atoms with van der Waals surface area (Å²) >= 11 is 3.13. The Hall–Kier alpha value is -5.74. The zero-order chi connectivity index (χ0) is 38.4. The minimum Gasteiger partial charge on any atom is -0.342 e. The number of nitrogens with one attached hydrogen (secondary N) is 1. The van der Waals surface area contributed by atoms with Crippen LogP contribution in [0, 0.1) is 5.92 Å². The van der Waals surface area contributed by atoms with E-state index >= 15 is 0 Å². The van der Waals surface area contributed by atoms with Gasteiger partial charge in [0, 0.05) is 56.6 Å². The molecule has 0 unspecified atom stereocenters. The van der Waals surface area contributed by atoms with Crippen LogP contribution in [-0.4, -0.2) is 61.9 Å². The number of aromatic nitrogens is 6. The van der Waals surface area contributed by atoms with Crippen molar-refractivity contribution in [2.75, 3.05) is 29.2 Å². The number of carbonyl (C=O) groups is 2. The van der Waals surface area contributed by atoms with Crippen LogP contribution in [0.25, 0.3) is 31.8 Å². The molecule has 0 radical (unpaired) electrons. The van der Waals surface area contributed by atoms with Crippen LogP contribution in [0.5, 0.6) is 0 Å². The zero-order valence-corrected chi connectivity index (χ0v) is 35.3. The van der Waals surface area contributed by atoms with E-state index in [-0.39, 0.29) is 44.8 Å². The van der Waals surface area contributed by atoms with Gasteiger partial charge in [-0.1, -0.05) is 60.7 Å². The molecule has 0 bridgehead atoms. The van der Waals surface area contributed by atoms with Crippen LogP contribution in [0.2, 0.25) is 0 Å². The van der Waals surface area contributed by atoms with Gasteiger partial charge in [0.05, 0.1) is 42.8 Å². The highest BCUT2D eigenvalue weighted by Crippen LogP contribution is 2.27. The summed E-state index contributed by atoms with van der Waals surface area (Å²) in [5.41, 5.74) is 10.0. The van der Waals surface area contributed by atoms with E-state index in [4.69, 9.17) is 9.97 Å². The van der Waals surface area contributed by atoms with Crippen LogP contribution in [0.4, 0.5) is 17.3 Å². The largest absolute Gasteiger partial charge is 0.342 e. The van der Waals surface area contributed by atoms with Gasteiger partial charge in [-0.3, -0.25) is 9.59 Å². The fraction of sp³-hybridized carbons (Fsp3) is 0.163. The molecule has 0 saturated carbocycles. The molecule has 0 aliphatic rings. The van der Waals surface area contributed by atoms with Gasteiger partial charge in [-0.05, 0) is 66.1 Å². The molecule has 58 heavy (non-hydrogen) atoms. The molecule has 2 atom stereocenters. The molecule has 8 aromatic rings. The Labute approximate surface area is 358 Å². The van der Waals surface area contributed by atoms with Crippen molar-refractivity contribution in [3.8, 4) is 11.4 Å². The third kappa shape index (κ3) is 9.68. The summed E-state index contributed by atoms with van der Waals surface area (Å²) in [4.78, 5) is 59.3. The summed E-state index contributed by atoms with van der Waals surface area (Å²) in [6.07, 6.45) is 4.57. The average molecular weight is 844 g/mol. The first kappa shape index (κ1) is 41.9. The molecule has 11 nitrogen and oxygen atoms in total. The summed E-state index contributed by atoms with van der Waals surface area (Å²) in [6, 6.07) is 34.4. The Morgan fingerprint density at radius 1 is 0.603 bits per heavy atom. The van der Waals surface area contributed by atoms with Crippen molar-refractivity contribution in [2.24, 2.45) is 5.92 Å². The van der Waals surface area contributed by atoms with Gasteiger partial charge in [-0.25, -0.2) is 29.9 Å². The van der Waals surface area contributed by atoms with E-state index in [1.54, 1.807) is 76.6 Å². The Balaban J connectivity index is 0.00000283. The van der Waals surface area contributed by atoms with E-state index < -0.39 is 12.0 Å². The van der Waals surface area contributed by atoms with Gasteiger partial charge in [-0.2, -0.15) is 27.0 Å². The van der Waals surface area contributed by atoms with Crippen LogP contribution >= 0.6 is 49.7 Å². The molecule has 0 fully saturated rings. The third-order valence-corrected chi connectivity index (χ3v) is 11.3. The quantitative estimate of drug-likeness (QED) is 0.122. The number of rotatable bonds is 13. The van der Waals surface area contributed by atoms with Gasteiger partial charge in [0.2, 0.25) is 17.8 Å². The number of amides is 2. The number of likely N-dealkylation sites (N-methyl/N-ethyl adjacent to an activating group) is 1. The summed E-state index contributed by atoms with van der Waals surface area (Å²) < 4.78 is 2.13. The van der Waals surface area contributed by atoms with Crippen LogP contribution in [0.1, 0.15) is 17.0 Å². The number of hydrogen-bond acceptors (Lipinski definition) is 11. The fourth-order valence-corrected chi connectivity index (χ4v) is 7.97. The molecule has 0 aliphatic carbocycles. The van der Waals surface area contributed by atoms with E-state index in [9.17, 15) is 9.59 Å². The molecular formula is C43H41N9O2S4. The second-order valence-electron chi connectivity index (χ2n) is 13.4. The van der Waals surface area contributed by atoms with Crippen molar-refractivity contribution in [3.05, 3.63) is 150 Å². The minimum absolute atomic E-state index is 0. The predicted octanol–water partition coefficient (Wildman–Crippen LogP) is 8.13. The lowest BCUT2D eigenvalue weighted by Crippen LogP contribution is -2.42. The second kappa shape index (κ2) is 19.1. The molecule has 15 heteroatoms. The number of fused-ring (bicyclic) bond motifs is 2. The van der Waals surface area contributed by atoms with Crippen LogP contribution < -0.4 is 15.1 Å². The van der Waals surface area contributed by atoms with Crippen molar-refractivity contribution in [1.29, 1.82) is 0 Å². The standard InChI is InChI=1S/C43H37N9O2S2.2H2S/c1-51(31-13-15-38-35(24-31)46-26-55-38)41(53)30(21-28-9-5-3-6-10-28)23-40-44-19-17-33(48-40)34-18-20-45-43(49-34)50-37(22-29-11-7-4-8-12-29)42(54)52(2)32-14-16-39-36(25-32)47-27-56-39;;/h3-20,24-27,30,37H,21-23H2,1-2H3,(H,45,49,50);2*1H2/t30-,37+;;/m1../s1. The summed E-state index contributed by atoms with van der Waals surface area (Å²) in [5, 5.41) is 3.32. The number of anilines is 3. The minimum atomic E-state index is -0.678. The van der Waals surface area contributed by atoms with E-state index in [1.807, 2.05) is 103 Å².